The Kier molecular flexibility index (Phi) is 4.52. The predicted octanol–water partition coefficient (Wildman–Crippen LogP) is 3.76. The number of rotatable bonds is 3. The van der Waals surface area contributed by atoms with Gasteiger partial charge >= 0.3 is 0 Å². The third-order valence-corrected chi connectivity index (χ3v) is 5.46. The molecule has 0 bridgehead atoms. The van der Waals surface area contributed by atoms with Crippen molar-refractivity contribution in [3.63, 3.8) is 0 Å². The topological polar surface area (TPSA) is 63.0 Å². The third kappa shape index (κ3) is 3.02. The van der Waals surface area contributed by atoms with Gasteiger partial charge in [0.25, 0.3) is 11.3 Å². The molecule has 1 aromatic carbocycles. The van der Waals surface area contributed by atoms with E-state index in [2.05, 4.69) is 27.7 Å². The van der Waals surface area contributed by atoms with E-state index in [0.29, 0.717) is 5.92 Å². The van der Waals surface area contributed by atoms with Gasteiger partial charge in [0.1, 0.15) is 5.82 Å². The van der Waals surface area contributed by atoms with Gasteiger partial charge < -0.3 is 0 Å². The van der Waals surface area contributed by atoms with Crippen LogP contribution in [0.15, 0.2) is 29.1 Å². The number of aromatic amines is 1. The Labute approximate surface area is 153 Å². The molecule has 2 heterocycles. The standard InChI is InChI=1S/C18H18F2N4OS/c19-12-8-4-7-11(15(12)20)16(26)13-9-14(25)24-18(21-13)22-17(23-24)10-5-2-1-3-6-10/h4,7-10,16,26H,1-3,5-6H2,(H,21,22,23). The van der Waals surface area contributed by atoms with Gasteiger partial charge in [-0.25, -0.2) is 13.8 Å². The molecule has 1 unspecified atom stereocenters. The monoisotopic (exact) mass is 376 g/mol. The fourth-order valence-electron chi connectivity index (χ4n) is 3.50. The smallest absolute Gasteiger partial charge is 0.274 e. The van der Waals surface area contributed by atoms with Crippen molar-refractivity contribution >= 4 is 18.4 Å². The maximum atomic E-state index is 14.0. The molecule has 0 amide bonds. The second kappa shape index (κ2) is 6.83. The van der Waals surface area contributed by atoms with E-state index < -0.39 is 16.9 Å². The molecule has 26 heavy (non-hydrogen) atoms. The van der Waals surface area contributed by atoms with Crippen LogP contribution in [0.1, 0.15) is 60.4 Å². The van der Waals surface area contributed by atoms with Crippen molar-refractivity contribution in [3.05, 3.63) is 63.3 Å². The summed E-state index contributed by atoms with van der Waals surface area (Å²) in [4.78, 5) is 21.3. The van der Waals surface area contributed by atoms with Gasteiger partial charge in [-0.2, -0.15) is 22.1 Å². The molecule has 3 aromatic rings. The van der Waals surface area contributed by atoms with Gasteiger partial charge in [-0.15, -0.1) is 0 Å². The fourth-order valence-corrected chi connectivity index (χ4v) is 3.84. The summed E-state index contributed by atoms with van der Waals surface area (Å²) in [5.41, 5.74) is -0.0763. The summed E-state index contributed by atoms with van der Waals surface area (Å²) in [6.45, 7) is 0. The second-order valence-corrected chi connectivity index (χ2v) is 7.16. The van der Waals surface area contributed by atoms with Gasteiger partial charge in [0.2, 0.25) is 0 Å². The molecule has 2 aromatic heterocycles. The number of hydrogen-bond acceptors (Lipinski definition) is 4. The van der Waals surface area contributed by atoms with E-state index in [1.54, 1.807) is 0 Å². The van der Waals surface area contributed by atoms with Gasteiger partial charge in [0.15, 0.2) is 11.6 Å². The number of aromatic nitrogens is 4. The first-order chi connectivity index (χ1) is 12.5. The molecule has 1 saturated carbocycles. The molecular formula is C18H18F2N4OS. The molecule has 1 aliphatic carbocycles. The highest BCUT2D eigenvalue weighted by Crippen LogP contribution is 2.32. The number of benzene rings is 1. The van der Waals surface area contributed by atoms with E-state index in [1.807, 2.05) is 0 Å². The van der Waals surface area contributed by atoms with E-state index in [9.17, 15) is 13.6 Å². The first kappa shape index (κ1) is 17.2. The van der Waals surface area contributed by atoms with Crippen LogP contribution in [0.3, 0.4) is 0 Å². The van der Waals surface area contributed by atoms with E-state index in [1.165, 1.54) is 29.1 Å². The molecule has 5 nitrogen and oxygen atoms in total. The summed E-state index contributed by atoms with van der Waals surface area (Å²) in [5, 5.41) is 2.17. The molecule has 1 atom stereocenters. The Bertz CT molecular complexity index is 1010. The highest BCUT2D eigenvalue weighted by Gasteiger charge is 2.22. The van der Waals surface area contributed by atoms with Crippen molar-refractivity contribution in [3.8, 4) is 0 Å². The van der Waals surface area contributed by atoms with Crippen LogP contribution in [0.4, 0.5) is 8.78 Å². The largest absolute Gasteiger partial charge is 0.275 e. The van der Waals surface area contributed by atoms with Crippen molar-refractivity contribution in [1.29, 1.82) is 0 Å². The van der Waals surface area contributed by atoms with Crippen LogP contribution in [0, 0.1) is 11.6 Å². The number of hydrogen-bond donors (Lipinski definition) is 2. The van der Waals surface area contributed by atoms with Crippen molar-refractivity contribution in [2.75, 3.05) is 0 Å². The quantitative estimate of drug-likeness (QED) is 0.684. The molecule has 0 saturated heterocycles. The SMILES string of the molecule is O=c1cc(C(S)c2cccc(F)c2F)nc2nc(C3CCCCC3)[nH]n12. The maximum absolute atomic E-state index is 14.0. The lowest BCUT2D eigenvalue weighted by atomic mass is 9.89. The van der Waals surface area contributed by atoms with E-state index in [4.69, 9.17) is 0 Å². The normalized spacial score (nSPS) is 16.9. The zero-order valence-corrected chi connectivity index (χ0v) is 14.8. The number of nitrogens with zero attached hydrogens (tertiary/aromatic N) is 3. The maximum Gasteiger partial charge on any atom is 0.274 e. The molecule has 4 rings (SSSR count). The van der Waals surface area contributed by atoms with Crippen LogP contribution in [0.5, 0.6) is 0 Å². The number of thiol groups is 1. The van der Waals surface area contributed by atoms with Crippen molar-refractivity contribution in [1.82, 2.24) is 19.6 Å². The molecule has 1 aliphatic rings. The number of nitrogens with one attached hydrogen (secondary N) is 1. The summed E-state index contributed by atoms with van der Waals surface area (Å²) in [6, 6.07) is 5.14. The second-order valence-electron chi connectivity index (χ2n) is 6.64. The molecule has 0 spiro atoms. The van der Waals surface area contributed by atoms with Crippen LogP contribution in [-0.2, 0) is 0 Å². The summed E-state index contributed by atoms with van der Waals surface area (Å²) in [7, 11) is 0. The first-order valence-corrected chi connectivity index (χ1v) is 9.18. The van der Waals surface area contributed by atoms with E-state index in [-0.39, 0.29) is 22.6 Å². The summed E-state index contributed by atoms with van der Waals surface area (Å²) in [6.07, 6.45) is 5.58. The number of H-pyrrole nitrogens is 1. The average Bonchev–Trinajstić information content (AvgIpc) is 3.09. The minimum absolute atomic E-state index is 0.0348. The zero-order chi connectivity index (χ0) is 18.3. The summed E-state index contributed by atoms with van der Waals surface area (Å²) < 4.78 is 28.8. The predicted molar refractivity (Wildman–Crippen MR) is 96.6 cm³/mol. The molecular weight excluding hydrogens is 358 g/mol. The van der Waals surface area contributed by atoms with Crippen molar-refractivity contribution in [2.45, 2.75) is 43.3 Å². The molecule has 1 fully saturated rings. The van der Waals surface area contributed by atoms with Crippen LogP contribution in [-0.4, -0.2) is 19.6 Å². The fraction of sp³-hybridized carbons (Fsp3) is 0.389. The lowest BCUT2D eigenvalue weighted by Gasteiger charge is -2.18. The lowest BCUT2D eigenvalue weighted by molar-refractivity contribution is 0.428. The number of fused-ring (bicyclic) bond motifs is 1. The van der Waals surface area contributed by atoms with E-state index >= 15 is 0 Å². The van der Waals surface area contributed by atoms with Crippen molar-refractivity contribution < 1.29 is 8.78 Å². The van der Waals surface area contributed by atoms with Crippen molar-refractivity contribution in [2.24, 2.45) is 0 Å². The minimum atomic E-state index is -0.987. The van der Waals surface area contributed by atoms with Gasteiger partial charge in [0.05, 0.1) is 10.9 Å². The van der Waals surface area contributed by atoms with Gasteiger partial charge in [0, 0.05) is 17.5 Å². The minimum Gasteiger partial charge on any atom is -0.275 e. The van der Waals surface area contributed by atoms with Crippen LogP contribution >= 0.6 is 12.6 Å². The van der Waals surface area contributed by atoms with Gasteiger partial charge in [-0.3, -0.25) is 9.89 Å². The summed E-state index contributed by atoms with van der Waals surface area (Å²) >= 11 is 4.35. The zero-order valence-electron chi connectivity index (χ0n) is 14.0. The molecule has 8 heteroatoms. The lowest BCUT2D eigenvalue weighted by Crippen LogP contribution is -2.17. The molecule has 0 aliphatic heterocycles. The average molecular weight is 376 g/mol. The number of halogens is 2. The first-order valence-electron chi connectivity index (χ1n) is 8.66. The van der Waals surface area contributed by atoms with Gasteiger partial charge in [-0.1, -0.05) is 31.4 Å². The Morgan fingerprint density at radius 1 is 1.19 bits per heavy atom. The molecule has 136 valence electrons. The summed E-state index contributed by atoms with van der Waals surface area (Å²) in [5.74, 6) is -0.679. The highest BCUT2D eigenvalue weighted by atomic mass is 32.1. The Morgan fingerprint density at radius 2 is 1.96 bits per heavy atom. The van der Waals surface area contributed by atoms with Crippen LogP contribution in [0.25, 0.3) is 5.78 Å². The molecule has 1 N–H and O–H groups in total. The Hall–Kier alpha value is -2.22. The Balaban J connectivity index is 1.74. The van der Waals surface area contributed by atoms with Gasteiger partial charge in [-0.05, 0) is 18.9 Å². The highest BCUT2D eigenvalue weighted by molar-refractivity contribution is 7.80. The van der Waals surface area contributed by atoms with Crippen LogP contribution < -0.4 is 5.56 Å². The third-order valence-electron chi connectivity index (χ3n) is 4.92. The van der Waals surface area contributed by atoms with E-state index in [0.717, 1.165) is 37.6 Å². The van der Waals surface area contributed by atoms with Crippen LogP contribution in [0.2, 0.25) is 0 Å². The Morgan fingerprint density at radius 3 is 2.73 bits per heavy atom. The molecule has 0 radical (unpaired) electrons.